The molecule has 0 spiro atoms. The van der Waals surface area contributed by atoms with Gasteiger partial charge in [-0.3, -0.25) is 4.21 Å². The van der Waals surface area contributed by atoms with Crippen LogP contribution in [-0.4, -0.2) is 35.3 Å². The summed E-state index contributed by atoms with van der Waals surface area (Å²) in [6, 6.07) is 0. The highest BCUT2D eigenvalue weighted by atomic mass is 32.2. The lowest BCUT2D eigenvalue weighted by Crippen LogP contribution is -2.31. The van der Waals surface area contributed by atoms with Gasteiger partial charge in [0.25, 0.3) is 0 Å². The van der Waals surface area contributed by atoms with Crippen molar-refractivity contribution in [3.8, 4) is 0 Å². The molecule has 1 atom stereocenters. The molecule has 1 unspecified atom stereocenters. The number of ether oxygens (including phenoxy) is 1. The molecule has 0 aromatic heterocycles. The molecular formula is C7H11NO3S. The van der Waals surface area contributed by atoms with E-state index in [1.165, 1.54) is 13.2 Å². The zero-order valence-corrected chi connectivity index (χ0v) is 7.65. The molecule has 1 fully saturated rings. The Balaban J connectivity index is 2.56. The molecule has 1 aliphatic heterocycles. The van der Waals surface area contributed by atoms with E-state index in [1.54, 1.807) is 0 Å². The van der Waals surface area contributed by atoms with Gasteiger partial charge < -0.3 is 10.1 Å². The normalized spacial score (nSPS) is 26.4. The predicted molar refractivity (Wildman–Crippen MR) is 46.0 cm³/mol. The van der Waals surface area contributed by atoms with Crippen molar-refractivity contribution in [3.05, 3.63) is 11.8 Å². The number of nitrogens with one attached hydrogen (secondary N) is 1. The van der Waals surface area contributed by atoms with E-state index in [0.29, 0.717) is 23.7 Å². The van der Waals surface area contributed by atoms with Crippen LogP contribution in [0.1, 0.15) is 0 Å². The van der Waals surface area contributed by atoms with Gasteiger partial charge in [0, 0.05) is 34.9 Å². The number of carbonyl (C=O) groups excluding carboxylic acids is 1. The van der Waals surface area contributed by atoms with Gasteiger partial charge in [0.2, 0.25) is 0 Å². The fourth-order valence-corrected chi connectivity index (χ4v) is 1.92. The largest absolute Gasteiger partial charge is 0.466 e. The van der Waals surface area contributed by atoms with Crippen molar-refractivity contribution in [1.82, 2.24) is 5.32 Å². The molecule has 0 radical (unpaired) electrons. The molecule has 0 aromatic carbocycles. The van der Waals surface area contributed by atoms with Crippen LogP contribution >= 0.6 is 0 Å². The topological polar surface area (TPSA) is 55.4 Å². The highest BCUT2D eigenvalue weighted by molar-refractivity contribution is 7.85. The third kappa shape index (κ3) is 2.65. The van der Waals surface area contributed by atoms with Crippen LogP contribution in [0, 0.1) is 0 Å². The van der Waals surface area contributed by atoms with Gasteiger partial charge in [-0.05, 0) is 0 Å². The summed E-state index contributed by atoms with van der Waals surface area (Å²) in [5.41, 5.74) is 0.700. The molecule has 1 N–H and O–H groups in total. The lowest BCUT2D eigenvalue weighted by molar-refractivity contribution is -0.134. The summed E-state index contributed by atoms with van der Waals surface area (Å²) in [5, 5.41) is 2.98. The minimum atomic E-state index is -0.827. The summed E-state index contributed by atoms with van der Waals surface area (Å²) < 4.78 is 15.5. The van der Waals surface area contributed by atoms with E-state index >= 15 is 0 Å². The van der Waals surface area contributed by atoms with Crippen LogP contribution < -0.4 is 5.32 Å². The molecule has 0 amide bonds. The lowest BCUT2D eigenvalue weighted by atomic mass is 10.4. The van der Waals surface area contributed by atoms with E-state index in [4.69, 9.17) is 0 Å². The van der Waals surface area contributed by atoms with E-state index < -0.39 is 16.8 Å². The number of hydrogen-bond donors (Lipinski definition) is 1. The van der Waals surface area contributed by atoms with Crippen molar-refractivity contribution in [2.75, 3.05) is 25.2 Å². The molecule has 68 valence electrons. The van der Waals surface area contributed by atoms with Crippen LogP contribution in [0.25, 0.3) is 0 Å². The first-order chi connectivity index (χ1) is 5.72. The van der Waals surface area contributed by atoms with Gasteiger partial charge >= 0.3 is 5.97 Å². The molecule has 1 saturated heterocycles. The fraction of sp³-hybridized carbons (Fsp3) is 0.571. The Morgan fingerprint density at radius 3 is 3.08 bits per heavy atom. The molecular weight excluding hydrogens is 178 g/mol. The zero-order valence-electron chi connectivity index (χ0n) is 6.83. The molecule has 0 saturated carbocycles. The third-order valence-electron chi connectivity index (χ3n) is 1.49. The van der Waals surface area contributed by atoms with Gasteiger partial charge in [0.1, 0.15) is 0 Å². The molecule has 1 heterocycles. The Morgan fingerprint density at radius 1 is 1.75 bits per heavy atom. The Morgan fingerprint density at radius 2 is 2.50 bits per heavy atom. The van der Waals surface area contributed by atoms with Gasteiger partial charge in [-0.25, -0.2) is 4.79 Å². The SMILES string of the molecule is COC(=O)/C=C1/CS(=O)CCN1. The van der Waals surface area contributed by atoms with Crippen molar-refractivity contribution < 1.29 is 13.7 Å². The maximum absolute atomic E-state index is 11.0. The molecule has 5 heteroatoms. The van der Waals surface area contributed by atoms with Crippen LogP contribution in [0.3, 0.4) is 0 Å². The van der Waals surface area contributed by atoms with Crippen molar-refractivity contribution >= 4 is 16.8 Å². The van der Waals surface area contributed by atoms with E-state index in [-0.39, 0.29) is 0 Å². The second kappa shape index (κ2) is 4.25. The summed E-state index contributed by atoms with van der Waals surface area (Å²) >= 11 is 0. The summed E-state index contributed by atoms with van der Waals surface area (Å²) in [7, 11) is 0.491. The first-order valence-corrected chi connectivity index (χ1v) is 5.08. The minimum Gasteiger partial charge on any atom is -0.466 e. The maximum Gasteiger partial charge on any atom is 0.332 e. The highest BCUT2D eigenvalue weighted by Crippen LogP contribution is 2.00. The van der Waals surface area contributed by atoms with Gasteiger partial charge in [-0.15, -0.1) is 0 Å². The van der Waals surface area contributed by atoms with Crippen molar-refractivity contribution in [2.24, 2.45) is 0 Å². The molecule has 0 bridgehead atoms. The highest BCUT2D eigenvalue weighted by Gasteiger charge is 2.11. The Kier molecular flexibility index (Phi) is 3.28. The van der Waals surface area contributed by atoms with Gasteiger partial charge in [0.15, 0.2) is 0 Å². The number of methoxy groups -OCH3 is 1. The smallest absolute Gasteiger partial charge is 0.332 e. The first-order valence-electron chi connectivity index (χ1n) is 3.59. The van der Waals surface area contributed by atoms with Crippen LogP contribution in [0.5, 0.6) is 0 Å². The van der Waals surface area contributed by atoms with Gasteiger partial charge in [0.05, 0.1) is 12.9 Å². The lowest BCUT2D eigenvalue weighted by Gasteiger charge is -2.15. The molecule has 4 nitrogen and oxygen atoms in total. The first kappa shape index (κ1) is 9.25. The van der Waals surface area contributed by atoms with Gasteiger partial charge in [-0.2, -0.15) is 0 Å². The number of rotatable bonds is 1. The van der Waals surface area contributed by atoms with E-state index in [2.05, 4.69) is 10.1 Å². The number of hydrogen-bond acceptors (Lipinski definition) is 4. The van der Waals surface area contributed by atoms with E-state index in [1.807, 2.05) is 0 Å². The third-order valence-corrected chi connectivity index (χ3v) is 2.78. The average molecular weight is 189 g/mol. The van der Waals surface area contributed by atoms with Crippen LogP contribution in [0.4, 0.5) is 0 Å². The fourth-order valence-electron chi connectivity index (χ4n) is 0.916. The average Bonchev–Trinajstić information content (AvgIpc) is 2.04. The summed E-state index contributed by atoms with van der Waals surface area (Å²) in [4.78, 5) is 10.7. The molecule has 0 aromatic rings. The number of esters is 1. The zero-order chi connectivity index (χ0) is 8.97. The second-order valence-corrected chi connectivity index (χ2v) is 3.98. The van der Waals surface area contributed by atoms with Crippen LogP contribution in [-0.2, 0) is 20.3 Å². The summed E-state index contributed by atoms with van der Waals surface area (Å²) in [6.45, 7) is 0.662. The van der Waals surface area contributed by atoms with Gasteiger partial charge in [-0.1, -0.05) is 0 Å². The Bertz CT molecular complexity index is 237. The quantitative estimate of drug-likeness (QED) is 0.442. The van der Waals surface area contributed by atoms with Crippen molar-refractivity contribution in [2.45, 2.75) is 0 Å². The molecule has 1 rings (SSSR count). The molecule has 1 aliphatic rings. The van der Waals surface area contributed by atoms with Crippen LogP contribution in [0.15, 0.2) is 11.8 Å². The van der Waals surface area contributed by atoms with Crippen LogP contribution in [0.2, 0.25) is 0 Å². The van der Waals surface area contributed by atoms with Crippen molar-refractivity contribution in [1.29, 1.82) is 0 Å². The monoisotopic (exact) mass is 189 g/mol. The number of carbonyl (C=O) groups is 1. The van der Waals surface area contributed by atoms with E-state index in [0.717, 1.165) is 0 Å². The predicted octanol–water partition coefficient (Wildman–Crippen LogP) is -0.605. The molecule has 0 aliphatic carbocycles. The Labute approximate surface area is 73.4 Å². The second-order valence-electron chi connectivity index (χ2n) is 2.41. The van der Waals surface area contributed by atoms with Crippen molar-refractivity contribution in [3.63, 3.8) is 0 Å². The summed E-state index contributed by atoms with van der Waals surface area (Å²) in [5.74, 6) is 0.671. The Hall–Kier alpha value is -0.840. The standard InChI is InChI=1S/C7H11NO3S/c1-11-7(9)4-6-5-12(10)3-2-8-6/h4,8H,2-3,5H2,1H3/b6-4-. The minimum absolute atomic E-state index is 0.406. The molecule has 12 heavy (non-hydrogen) atoms. The van der Waals surface area contributed by atoms with E-state index in [9.17, 15) is 9.00 Å². The maximum atomic E-state index is 11.0. The summed E-state index contributed by atoms with van der Waals surface area (Å²) in [6.07, 6.45) is 1.34.